The first-order valence-electron chi connectivity index (χ1n) is 4.47. The Balaban J connectivity index is 2.28. The van der Waals surface area contributed by atoms with Gasteiger partial charge in [-0.15, -0.1) is 11.3 Å². The number of nitrogens with two attached hydrogens (primary N) is 1. The summed E-state index contributed by atoms with van der Waals surface area (Å²) < 4.78 is 13.0. The molecule has 4 N–H and O–H groups in total. The van der Waals surface area contributed by atoms with Crippen LogP contribution in [0.5, 0.6) is 0 Å². The molecule has 0 spiro atoms. The molecule has 0 aliphatic carbocycles. The third-order valence-corrected chi connectivity index (χ3v) is 2.62. The summed E-state index contributed by atoms with van der Waals surface area (Å²) in [6.45, 7) is 0. The van der Waals surface area contributed by atoms with E-state index in [1.165, 1.54) is 23.5 Å². The molecule has 0 fully saturated rings. The number of thiazole rings is 1. The van der Waals surface area contributed by atoms with Gasteiger partial charge in [0.05, 0.1) is 5.69 Å². The molecule has 0 bridgehead atoms. The molecule has 82 valence electrons. The number of hydrogen-bond acceptors (Lipinski definition) is 3. The van der Waals surface area contributed by atoms with Crippen LogP contribution in [0.15, 0.2) is 29.6 Å². The summed E-state index contributed by atoms with van der Waals surface area (Å²) in [5.74, 6) is -0.466. The molecule has 6 heteroatoms. The number of anilines is 1. The number of rotatable bonds is 2. The highest BCUT2D eigenvalue weighted by atomic mass is 32.1. The molecule has 4 nitrogen and oxygen atoms in total. The van der Waals surface area contributed by atoms with Crippen LogP contribution in [0, 0.1) is 11.2 Å². The first kappa shape index (κ1) is 10.6. The van der Waals surface area contributed by atoms with Crippen molar-refractivity contribution in [1.82, 2.24) is 4.98 Å². The minimum atomic E-state index is -0.299. The Morgan fingerprint density at radius 1 is 1.50 bits per heavy atom. The smallest absolute Gasteiger partial charge is 0.192 e. The monoisotopic (exact) mass is 236 g/mol. The Hall–Kier alpha value is -1.95. The quantitative estimate of drug-likeness (QED) is 0.553. The summed E-state index contributed by atoms with van der Waals surface area (Å²) >= 11 is 1.31. The van der Waals surface area contributed by atoms with Crippen molar-refractivity contribution in [1.29, 1.82) is 5.41 Å². The average Bonchev–Trinajstić information content (AvgIpc) is 2.65. The van der Waals surface area contributed by atoms with Gasteiger partial charge in [0.25, 0.3) is 0 Å². The molecule has 0 aliphatic rings. The highest BCUT2D eigenvalue weighted by molar-refractivity contribution is 7.14. The fourth-order valence-corrected chi connectivity index (χ4v) is 1.96. The SMILES string of the molecule is N=C(N)Nc1nc(-c2cccc(F)c2)cs1. The van der Waals surface area contributed by atoms with Gasteiger partial charge in [0.2, 0.25) is 0 Å². The van der Waals surface area contributed by atoms with Crippen molar-refractivity contribution >= 4 is 22.4 Å². The third-order valence-electron chi connectivity index (χ3n) is 1.87. The molecule has 0 amide bonds. The van der Waals surface area contributed by atoms with Gasteiger partial charge in [-0.05, 0) is 12.1 Å². The second-order valence-electron chi connectivity index (χ2n) is 3.09. The van der Waals surface area contributed by atoms with Gasteiger partial charge in [-0.3, -0.25) is 5.41 Å². The number of halogens is 1. The van der Waals surface area contributed by atoms with Crippen LogP contribution in [0.4, 0.5) is 9.52 Å². The molecule has 1 heterocycles. The van der Waals surface area contributed by atoms with Gasteiger partial charge in [-0.2, -0.15) is 0 Å². The van der Waals surface area contributed by atoms with Gasteiger partial charge in [-0.1, -0.05) is 12.1 Å². The standard InChI is InChI=1S/C10H9FN4S/c11-7-3-1-2-6(4-7)8-5-16-10(14-8)15-9(12)13/h1-5H,(H4,12,13,14,15). The molecular weight excluding hydrogens is 227 g/mol. The van der Waals surface area contributed by atoms with Crippen LogP contribution in [-0.2, 0) is 0 Å². The molecule has 2 aromatic rings. The normalized spacial score (nSPS) is 10.1. The van der Waals surface area contributed by atoms with Crippen molar-refractivity contribution in [3.8, 4) is 11.3 Å². The van der Waals surface area contributed by atoms with Crippen LogP contribution in [-0.4, -0.2) is 10.9 Å². The van der Waals surface area contributed by atoms with Gasteiger partial charge < -0.3 is 11.1 Å². The number of nitrogens with one attached hydrogen (secondary N) is 2. The summed E-state index contributed by atoms with van der Waals surface area (Å²) in [5.41, 5.74) is 6.54. The summed E-state index contributed by atoms with van der Waals surface area (Å²) in [4.78, 5) is 4.18. The van der Waals surface area contributed by atoms with Crippen molar-refractivity contribution in [3.63, 3.8) is 0 Å². The molecule has 0 saturated carbocycles. The largest absolute Gasteiger partial charge is 0.370 e. The van der Waals surface area contributed by atoms with Gasteiger partial charge in [0, 0.05) is 10.9 Å². The Labute approximate surface area is 95.5 Å². The van der Waals surface area contributed by atoms with Crippen molar-refractivity contribution in [2.45, 2.75) is 0 Å². The Morgan fingerprint density at radius 3 is 3.00 bits per heavy atom. The Morgan fingerprint density at radius 2 is 2.31 bits per heavy atom. The number of benzene rings is 1. The average molecular weight is 236 g/mol. The predicted octanol–water partition coefficient (Wildman–Crippen LogP) is 2.25. The zero-order chi connectivity index (χ0) is 11.5. The molecular formula is C10H9FN4S. The van der Waals surface area contributed by atoms with Crippen molar-refractivity contribution in [3.05, 3.63) is 35.5 Å². The highest BCUT2D eigenvalue weighted by Gasteiger charge is 2.05. The second kappa shape index (κ2) is 4.28. The molecule has 0 atom stereocenters. The van der Waals surface area contributed by atoms with Crippen molar-refractivity contribution in [2.75, 3.05) is 5.32 Å². The molecule has 1 aromatic heterocycles. The number of aromatic nitrogens is 1. The lowest BCUT2D eigenvalue weighted by Gasteiger charge is -1.97. The van der Waals surface area contributed by atoms with Gasteiger partial charge in [0.15, 0.2) is 11.1 Å². The predicted molar refractivity (Wildman–Crippen MR) is 63.0 cm³/mol. The van der Waals surface area contributed by atoms with Crippen LogP contribution in [0.25, 0.3) is 11.3 Å². The summed E-state index contributed by atoms with van der Waals surface area (Å²) in [6, 6.07) is 6.19. The van der Waals surface area contributed by atoms with E-state index in [9.17, 15) is 4.39 Å². The molecule has 0 saturated heterocycles. The number of hydrogen-bond donors (Lipinski definition) is 3. The molecule has 16 heavy (non-hydrogen) atoms. The van der Waals surface area contributed by atoms with Crippen LogP contribution in [0.1, 0.15) is 0 Å². The van der Waals surface area contributed by atoms with E-state index in [2.05, 4.69) is 10.3 Å². The number of nitrogens with zero attached hydrogens (tertiary/aromatic N) is 1. The third kappa shape index (κ3) is 2.34. The van der Waals surface area contributed by atoms with E-state index in [-0.39, 0.29) is 11.8 Å². The maximum absolute atomic E-state index is 13.0. The van der Waals surface area contributed by atoms with Gasteiger partial charge in [-0.25, -0.2) is 9.37 Å². The molecule has 2 rings (SSSR count). The Kier molecular flexibility index (Phi) is 2.82. The van der Waals surface area contributed by atoms with E-state index >= 15 is 0 Å². The van der Waals surface area contributed by atoms with Gasteiger partial charge in [0.1, 0.15) is 5.82 Å². The maximum atomic E-state index is 13.0. The fourth-order valence-electron chi connectivity index (χ4n) is 1.23. The van der Waals surface area contributed by atoms with E-state index in [0.717, 1.165) is 0 Å². The minimum absolute atomic E-state index is 0.167. The molecule has 0 aliphatic heterocycles. The molecule has 1 aromatic carbocycles. The van der Waals surface area contributed by atoms with E-state index in [1.54, 1.807) is 17.5 Å². The summed E-state index contributed by atoms with van der Waals surface area (Å²) in [5, 5.41) is 11.9. The second-order valence-corrected chi connectivity index (χ2v) is 3.95. The zero-order valence-corrected chi connectivity index (χ0v) is 9.01. The lowest BCUT2D eigenvalue weighted by Crippen LogP contribution is -2.20. The van der Waals surface area contributed by atoms with Crippen LogP contribution < -0.4 is 11.1 Å². The first-order valence-corrected chi connectivity index (χ1v) is 5.35. The van der Waals surface area contributed by atoms with Crippen LogP contribution in [0.3, 0.4) is 0 Å². The van der Waals surface area contributed by atoms with Crippen molar-refractivity contribution in [2.24, 2.45) is 5.73 Å². The molecule has 0 radical (unpaired) electrons. The lowest BCUT2D eigenvalue weighted by atomic mass is 10.2. The van der Waals surface area contributed by atoms with E-state index in [1.807, 2.05) is 0 Å². The van der Waals surface area contributed by atoms with Gasteiger partial charge >= 0.3 is 0 Å². The summed E-state index contributed by atoms with van der Waals surface area (Å²) in [7, 11) is 0. The first-order chi connectivity index (χ1) is 7.65. The topological polar surface area (TPSA) is 74.8 Å². The van der Waals surface area contributed by atoms with E-state index < -0.39 is 0 Å². The highest BCUT2D eigenvalue weighted by Crippen LogP contribution is 2.24. The Bertz CT molecular complexity index is 523. The number of guanidine groups is 1. The molecule has 0 unspecified atom stereocenters. The fraction of sp³-hybridized carbons (Fsp3) is 0. The van der Waals surface area contributed by atoms with E-state index in [4.69, 9.17) is 11.1 Å². The van der Waals surface area contributed by atoms with Crippen molar-refractivity contribution < 1.29 is 4.39 Å². The van der Waals surface area contributed by atoms with Crippen LogP contribution in [0.2, 0.25) is 0 Å². The maximum Gasteiger partial charge on any atom is 0.192 e. The summed E-state index contributed by atoms with van der Waals surface area (Å²) in [6.07, 6.45) is 0. The minimum Gasteiger partial charge on any atom is -0.370 e. The zero-order valence-electron chi connectivity index (χ0n) is 8.20. The lowest BCUT2D eigenvalue weighted by molar-refractivity contribution is 0.628. The van der Waals surface area contributed by atoms with E-state index in [0.29, 0.717) is 16.4 Å². The van der Waals surface area contributed by atoms with Crippen LogP contribution >= 0.6 is 11.3 Å².